The van der Waals surface area contributed by atoms with Gasteiger partial charge < -0.3 is 9.84 Å². The number of aliphatic hydroxyl groups excluding tert-OH is 1. The molecule has 1 atom stereocenters. The van der Waals surface area contributed by atoms with E-state index in [1.54, 1.807) is 13.0 Å². The standard InChI is InChI=1S/C11H14ClNO4/c1-8(14)3-2-6-17-11-5-4-9(12)7-10(11)13(15)16/h4-5,7-8,14H,2-3,6H2,1H3. The van der Waals surface area contributed by atoms with Crippen molar-refractivity contribution in [3.05, 3.63) is 33.3 Å². The molecule has 1 rings (SSSR count). The molecule has 0 amide bonds. The molecular formula is C11H14ClNO4. The molecular weight excluding hydrogens is 246 g/mol. The number of hydrogen-bond donors (Lipinski definition) is 1. The monoisotopic (exact) mass is 259 g/mol. The SMILES string of the molecule is CC(O)CCCOc1ccc(Cl)cc1[N+](=O)[O-]. The Morgan fingerprint density at radius 2 is 2.29 bits per heavy atom. The van der Waals surface area contributed by atoms with Crippen LogP contribution in [0.2, 0.25) is 5.02 Å². The largest absolute Gasteiger partial charge is 0.487 e. The van der Waals surface area contributed by atoms with E-state index in [2.05, 4.69) is 0 Å². The average Bonchev–Trinajstić information content (AvgIpc) is 2.25. The Balaban J connectivity index is 2.61. The summed E-state index contributed by atoms with van der Waals surface area (Å²) >= 11 is 5.67. The minimum absolute atomic E-state index is 0.144. The average molecular weight is 260 g/mol. The molecule has 1 unspecified atom stereocenters. The summed E-state index contributed by atoms with van der Waals surface area (Å²) in [6.45, 7) is 2.01. The lowest BCUT2D eigenvalue weighted by atomic mass is 10.2. The number of hydrogen-bond acceptors (Lipinski definition) is 4. The second-order valence-corrected chi connectivity index (χ2v) is 4.15. The number of benzene rings is 1. The van der Waals surface area contributed by atoms with E-state index in [4.69, 9.17) is 21.4 Å². The van der Waals surface area contributed by atoms with Crippen molar-refractivity contribution in [2.45, 2.75) is 25.9 Å². The van der Waals surface area contributed by atoms with Gasteiger partial charge in [0.15, 0.2) is 5.75 Å². The second kappa shape index (κ2) is 6.42. The predicted octanol–water partition coefficient (Wildman–Crippen LogP) is 2.79. The molecule has 1 aromatic rings. The number of nitrogens with zero attached hydrogens (tertiary/aromatic N) is 1. The quantitative estimate of drug-likeness (QED) is 0.484. The first-order valence-corrected chi connectivity index (χ1v) is 5.63. The van der Waals surface area contributed by atoms with Gasteiger partial charge in [0.2, 0.25) is 0 Å². The molecule has 0 aliphatic rings. The first kappa shape index (κ1) is 13.7. The lowest BCUT2D eigenvalue weighted by molar-refractivity contribution is -0.385. The highest BCUT2D eigenvalue weighted by Gasteiger charge is 2.15. The van der Waals surface area contributed by atoms with Crippen molar-refractivity contribution in [3.63, 3.8) is 0 Å². The lowest BCUT2D eigenvalue weighted by Crippen LogP contribution is -2.05. The van der Waals surface area contributed by atoms with Gasteiger partial charge in [-0.25, -0.2) is 0 Å². The third-order valence-corrected chi connectivity index (χ3v) is 2.38. The zero-order valence-electron chi connectivity index (χ0n) is 9.43. The normalized spacial score (nSPS) is 12.2. The van der Waals surface area contributed by atoms with Crippen LogP contribution >= 0.6 is 11.6 Å². The Morgan fingerprint density at radius 3 is 2.88 bits per heavy atom. The second-order valence-electron chi connectivity index (χ2n) is 3.71. The van der Waals surface area contributed by atoms with Crippen molar-refractivity contribution in [2.24, 2.45) is 0 Å². The van der Waals surface area contributed by atoms with Gasteiger partial charge in [-0.05, 0) is 31.9 Å². The molecule has 1 N–H and O–H groups in total. The number of ether oxygens (including phenoxy) is 1. The molecule has 0 radical (unpaired) electrons. The van der Waals surface area contributed by atoms with E-state index in [0.29, 0.717) is 24.5 Å². The van der Waals surface area contributed by atoms with Crippen LogP contribution < -0.4 is 4.74 Å². The van der Waals surface area contributed by atoms with Gasteiger partial charge in [0.25, 0.3) is 0 Å². The van der Waals surface area contributed by atoms with E-state index in [0.717, 1.165) is 0 Å². The smallest absolute Gasteiger partial charge is 0.312 e. The van der Waals surface area contributed by atoms with Gasteiger partial charge in [-0.15, -0.1) is 0 Å². The lowest BCUT2D eigenvalue weighted by Gasteiger charge is -2.07. The highest BCUT2D eigenvalue weighted by Crippen LogP contribution is 2.29. The van der Waals surface area contributed by atoms with Gasteiger partial charge in [0.1, 0.15) is 0 Å². The third kappa shape index (κ3) is 4.58. The Bertz CT molecular complexity index is 395. The summed E-state index contributed by atoms with van der Waals surface area (Å²) < 4.78 is 5.29. The summed E-state index contributed by atoms with van der Waals surface area (Å²) in [5.74, 6) is 0.199. The number of nitro benzene ring substituents is 1. The van der Waals surface area contributed by atoms with Gasteiger partial charge in [0.05, 0.1) is 17.6 Å². The van der Waals surface area contributed by atoms with Crippen molar-refractivity contribution in [1.29, 1.82) is 0 Å². The van der Waals surface area contributed by atoms with Gasteiger partial charge in [0, 0.05) is 11.1 Å². The van der Waals surface area contributed by atoms with Crippen molar-refractivity contribution >= 4 is 17.3 Å². The Labute approximate surface area is 104 Å². The van der Waals surface area contributed by atoms with Crippen LogP contribution in [0.3, 0.4) is 0 Å². The van der Waals surface area contributed by atoms with Crippen LogP contribution in [-0.4, -0.2) is 22.7 Å². The van der Waals surface area contributed by atoms with Crippen LogP contribution in [0, 0.1) is 10.1 Å². The minimum Gasteiger partial charge on any atom is -0.487 e. The summed E-state index contributed by atoms with van der Waals surface area (Å²) in [6.07, 6.45) is 0.845. The number of aliphatic hydroxyl groups is 1. The van der Waals surface area contributed by atoms with Crippen LogP contribution in [-0.2, 0) is 0 Å². The highest BCUT2D eigenvalue weighted by molar-refractivity contribution is 6.30. The first-order chi connectivity index (χ1) is 8.00. The van der Waals surface area contributed by atoms with Gasteiger partial charge >= 0.3 is 5.69 Å². The zero-order valence-corrected chi connectivity index (χ0v) is 10.2. The molecule has 17 heavy (non-hydrogen) atoms. The molecule has 0 fully saturated rings. The summed E-state index contributed by atoms with van der Waals surface area (Å²) in [7, 11) is 0. The molecule has 0 aliphatic carbocycles. The summed E-state index contributed by atoms with van der Waals surface area (Å²) in [5.41, 5.74) is -0.144. The van der Waals surface area contributed by atoms with Gasteiger partial charge in [-0.1, -0.05) is 11.6 Å². The van der Waals surface area contributed by atoms with Crippen LogP contribution in [0.1, 0.15) is 19.8 Å². The molecule has 0 spiro atoms. The maximum absolute atomic E-state index is 10.7. The molecule has 0 bridgehead atoms. The van der Waals surface area contributed by atoms with E-state index < -0.39 is 4.92 Å². The van der Waals surface area contributed by atoms with E-state index in [1.807, 2.05) is 0 Å². The highest BCUT2D eigenvalue weighted by atomic mass is 35.5. The topological polar surface area (TPSA) is 72.6 Å². The first-order valence-electron chi connectivity index (χ1n) is 5.25. The molecule has 1 aromatic carbocycles. The van der Waals surface area contributed by atoms with Gasteiger partial charge in [-0.2, -0.15) is 0 Å². The van der Waals surface area contributed by atoms with Crippen LogP contribution in [0.25, 0.3) is 0 Å². The molecule has 6 heteroatoms. The Morgan fingerprint density at radius 1 is 1.59 bits per heavy atom. The fraction of sp³-hybridized carbons (Fsp3) is 0.455. The van der Waals surface area contributed by atoms with E-state index in [-0.39, 0.29) is 17.5 Å². The van der Waals surface area contributed by atoms with Crippen molar-refractivity contribution < 1.29 is 14.8 Å². The van der Waals surface area contributed by atoms with E-state index >= 15 is 0 Å². The number of halogens is 1. The van der Waals surface area contributed by atoms with Crippen molar-refractivity contribution in [1.82, 2.24) is 0 Å². The van der Waals surface area contributed by atoms with Gasteiger partial charge in [-0.3, -0.25) is 10.1 Å². The Kier molecular flexibility index (Phi) is 5.18. The number of rotatable bonds is 6. The third-order valence-electron chi connectivity index (χ3n) is 2.14. The fourth-order valence-electron chi connectivity index (χ4n) is 1.32. The van der Waals surface area contributed by atoms with E-state index in [9.17, 15) is 10.1 Å². The van der Waals surface area contributed by atoms with Crippen molar-refractivity contribution in [2.75, 3.05) is 6.61 Å². The molecule has 0 aromatic heterocycles. The Hall–Kier alpha value is -1.33. The van der Waals surface area contributed by atoms with Crippen molar-refractivity contribution in [3.8, 4) is 5.75 Å². The van der Waals surface area contributed by atoms with Crippen LogP contribution in [0.4, 0.5) is 5.69 Å². The summed E-state index contributed by atoms with van der Waals surface area (Å²) in [6, 6.07) is 4.27. The molecule has 0 saturated heterocycles. The molecule has 0 heterocycles. The van der Waals surface area contributed by atoms with E-state index in [1.165, 1.54) is 12.1 Å². The maximum atomic E-state index is 10.7. The van der Waals surface area contributed by atoms with Crippen LogP contribution in [0.15, 0.2) is 18.2 Å². The predicted molar refractivity (Wildman–Crippen MR) is 64.5 cm³/mol. The molecule has 0 saturated carbocycles. The fourth-order valence-corrected chi connectivity index (χ4v) is 1.48. The zero-order chi connectivity index (χ0) is 12.8. The summed E-state index contributed by atoms with van der Waals surface area (Å²) in [5, 5.41) is 20.1. The summed E-state index contributed by atoms with van der Waals surface area (Å²) in [4.78, 5) is 10.2. The molecule has 94 valence electrons. The maximum Gasteiger partial charge on any atom is 0.312 e. The van der Waals surface area contributed by atoms with Crippen LogP contribution in [0.5, 0.6) is 5.75 Å². The molecule has 5 nitrogen and oxygen atoms in total. The molecule has 0 aliphatic heterocycles. The number of nitro groups is 1. The minimum atomic E-state index is -0.532.